The van der Waals surface area contributed by atoms with Crippen LogP contribution >= 0.6 is 11.3 Å². The highest BCUT2D eigenvalue weighted by molar-refractivity contribution is 7.09. The fourth-order valence-corrected chi connectivity index (χ4v) is 2.77. The Morgan fingerprint density at radius 1 is 1.30 bits per heavy atom. The Balaban J connectivity index is 2.69. The zero-order valence-corrected chi connectivity index (χ0v) is 13.2. The fraction of sp³-hybridized carbons (Fsp3) is 0.643. The number of amides is 1. The molecule has 1 amide bonds. The van der Waals surface area contributed by atoms with E-state index in [4.69, 9.17) is 5.11 Å². The summed E-state index contributed by atoms with van der Waals surface area (Å²) in [4.78, 5) is 27.4. The molecular formula is C14H22N2O3S. The zero-order chi connectivity index (χ0) is 15.3. The fourth-order valence-electron chi connectivity index (χ4n) is 1.78. The van der Waals surface area contributed by atoms with E-state index in [9.17, 15) is 9.59 Å². The van der Waals surface area contributed by atoms with Crippen LogP contribution in [0.3, 0.4) is 0 Å². The van der Waals surface area contributed by atoms with Crippen molar-refractivity contribution in [3.8, 4) is 0 Å². The van der Waals surface area contributed by atoms with Crippen molar-refractivity contribution >= 4 is 23.2 Å². The van der Waals surface area contributed by atoms with Crippen LogP contribution in [0.5, 0.6) is 0 Å². The maximum Gasteiger partial charge on any atom is 0.326 e. The number of carbonyl (C=O) groups is 2. The summed E-state index contributed by atoms with van der Waals surface area (Å²) in [5, 5.41) is 14.2. The molecule has 0 saturated carbocycles. The molecule has 0 aliphatic rings. The molecule has 2 N–H and O–H groups in total. The van der Waals surface area contributed by atoms with E-state index in [1.165, 1.54) is 11.3 Å². The first-order valence-corrected chi connectivity index (χ1v) is 7.65. The van der Waals surface area contributed by atoms with Crippen molar-refractivity contribution in [1.29, 1.82) is 0 Å². The van der Waals surface area contributed by atoms with Crippen molar-refractivity contribution in [2.75, 3.05) is 0 Å². The van der Waals surface area contributed by atoms with Gasteiger partial charge in [-0.05, 0) is 18.3 Å². The molecule has 1 heterocycles. The zero-order valence-electron chi connectivity index (χ0n) is 12.3. The number of nitrogens with one attached hydrogen (secondary N) is 1. The predicted octanol–water partition coefficient (Wildman–Crippen LogP) is 2.57. The summed E-state index contributed by atoms with van der Waals surface area (Å²) in [5.41, 5.74) is 0.306. The van der Waals surface area contributed by atoms with Crippen LogP contribution in [0.4, 0.5) is 0 Å². The van der Waals surface area contributed by atoms with E-state index in [1.54, 1.807) is 5.38 Å². The minimum atomic E-state index is -1.01. The van der Waals surface area contributed by atoms with E-state index in [-0.39, 0.29) is 5.92 Å². The second-order valence-corrected chi connectivity index (χ2v) is 6.66. The number of aromatic nitrogens is 1. The van der Waals surface area contributed by atoms with Gasteiger partial charge in [0.1, 0.15) is 11.7 Å². The molecular weight excluding hydrogens is 276 g/mol. The summed E-state index contributed by atoms with van der Waals surface area (Å²) in [7, 11) is 0. The first-order valence-electron chi connectivity index (χ1n) is 6.77. The number of rotatable bonds is 7. The van der Waals surface area contributed by atoms with Crippen LogP contribution in [0.15, 0.2) is 5.38 Å². The Bertz CT molecular complexity index is 469. The number of aliphatic carboxylic acids is 1. The molecule has 5 nitrogen and oxygen atoms in total. The summed E-state index contributed by atoms with van der Waals surface area (Å²) >= 11 is 1.44. The normalized spacial score (nSPS) is 12.7. The lowest BCUT2D eigenvalue weighted by Crippen LogP contribution is -2.41. The molecule has 0 fully saturated rings. The molecule has 1 rings (SSSR count). The Morgan fingerprint density at radius 2 is 1.95 bits per heavy atom. The van der Waals surface area contributed by atoms with Crippen LogP contribution < -0.4 is 5.32 Å². The van der Waals surface area contributed by atoms with Crippen LogP contribution in [0.2, 0.25) is 0 Å². The molecule has 0 saturated heterocycles. The van der Waals surface area contributed by atoms with Crippen LogP contribution in [0.25, 0.3) is 0 Å². The van der Waals surface area contributed by atoms with Gasteiger partial charge in [0.15, 0.2) is 0 Å². The third-order valence-corrected chi connectivity index (χ3v) is 3.55. The number of carbonyl (C=O) groups excluding carboxylic acids is 1. The highest BCUT2D eigenvalue weighted by atomic mass is 32.1. The SMILES string of the molecule is CC(C)Cc1nc(C(=O)NC(CC(C)C)C(=O)O)cs1. The number of carboxylic acid groups (broad SMARTS) is 1. The first kappa shape index (κ1) is 16.6. The maximum absolute atomic E-state index is 12.0. The third kappa shape index (κ3) is 5.28. The quantitative estimate of drug-likeness (QED) is 0.811. The van der Waals surface area contributed by atoms with Gasteiger partial charge in [0, 0.05) is 11.8 Å². The molecule has 1 atom stereocenters. The van der Waals surface area contributed by atoms with Gasteiger partial charge in [0.2, 0.25) is 0 Å². The minimum absolute atomic E-state index is 0.198. The van der Waals surface area contributed by atoms with Crippen LogP contribution in [0.1, 0.15) is 49.6 Å². The Kier molecular flexibility index (Phi) is 6.13. The average molecular weight is 298 g/mol. The van der Waals surface area contributed by atoms with Gasteiger partial charge in [-0.3, -0.25) is 4.79 Å². The van der Waals surface area contributed by atoms with E-state index in [0.717, 1.165) is 11.4 Å². The lowest BCUT2D eigenvalue weighted by molar-refractivity contribution is -0.139. The molecule has 1 aromatic rings. The number of hydrogen-bond acceptors (Lipinski definition) is 4. The molecule has 0 radical (unpaired) electrons. The second-order valence-electron chi connectivity index (χ2n) is 5.72. The van der Waals surface area contributed by atoms with E-state index in [1.807, 2.05) is 13.8 Å². The summed E-state index contributed by atoms with van der Waals surface area (Å²) in [5.74, 6) is -0.748. The van der Waals surface area contributed by atoms with Crippen molar-refractivity contribution in [3.63, 3.8) is 0 Å². The monoisotopic (exact) mass is 298 g/mol. The van der Waals surface area contributed by atoms with Gasteiger partial charge in [0.25, 0.3) is 5.91 Å². The van der Waals surface area contributed by atoms with Gasteiger partial charge in [-0.1, -0.05) is 27.7 Å². The average Bonchev–Trinajstić information content (AvgIpc) is 2.74. The number of hydrogen-bond donors (Lipinski definition) is 2. The lowest BCUT2D eigenvalue weighted by Gasteiger charge is -2.15. The summed E-state index contributed by atoms with van der Waals surface area (Å²) in [6.07, 6.45) is 1.23. The topological polar surface area (TPSA) is 79.3 Å². The first-order chi connectivity index (χ1) is 9.29. The largest absolute Gasteiger partial charge is 0.480 e. The Hall–Kier alpha value is -1.43. The molecule has 1 aromatic heterocycles. The lowest BCUT2D eigenvalue weighted by atomic mass is 10.0. The van der Waals surface area contributed by atoms with Crippen molar-refractivity contribution in [1.82, 2.24) is 10.3 Å². The Labute approximate surface area is 123 Å². The molecule has 6 heteroatoms. The third-order valence-electron chi connectivity index (χ3n) is 2.68. The Morgan fingerprint density at radius 3 is 2.45 bits per heavy atom. The van der Waals surface area contributed by atoms with Gasteiger partial charge in [-0.2, -0.15) is 0 Å². The van der Waals surface area contributed by atoms with Crippen molar-refractivity contribution in [3.05, 3.63) is 16.1 Å². The van der Waals surface area contributed by atoms with Gasteiger partial charge < -0.3 is 10.4 Å². The predicted molar refractivity (Wildman–Crippen MR) is 79.0 cm³/mol. The second kappa shape index (κ2) is 7.38. The molecule has 0 aliphatic carbocycles. The van der Waals surface area contributed by atoms with Crippen molar-refractivity contribution < 1.29 is 14.7 Å². The molecule has 20 heavy (non-hydrogen) atoms. The molecule has 1 unspecified atom stereocenters. The van der Waals surface area contributed by atoms with E-state index in [0.29, 0.717) is 18.0 Å². The van der Waals surface area contributed by atoms with Gasteiger partial charge in [0.05, 0.1) is 5.01 Å². The minimum Gasteiger partial charge on any atom is -0.480 e. The maximum atomic E-state index is 12.0. The highest BCUT2D eigenvalue weighted by Crippen LogP contribution is 2.15. The van der Waals surface area contributed by atoms with Crippen LogP contribution in [-0.2, 0) is 11.2 Å². The van der Waals surface area contributed by atoms with Gasteiger partial charge in [-0.25, -0.2) is 9.78 Å². The number of nitrogens with zero attached hydrogens (tertiary/aromatic N) is 1. The molecule has 112 valence electrons. The summed E-state index contributed by atoms with van der Waals surface area (Å²) in [6.45, 7) is 8.02. The molecule has 0 aliphatic heterocycles. The van der Waals surface area contributed by atoms with Crippen LogP contribution in [-0.4, -0.2) is 28.0 Å². The molecule has 0 bridgehead atoms. The number of thiazole rings is 1. The highest BCUT2D eigenvalue weighted by Gasteiger charge is 2.22. The standard InChI is InChI=1S/C14H22N2O3S/c1-8(2)5-10(14(18)19)16-13(17)11-7-20-12(15-11)6-9(3)4/h7-10H,5-6H2,1-4H3,(H,16,17)(H,18,19). The van der Waals surface area contributed by atoms with Crippen molar-refractivity contribution in [2.24, 2.45) is 11.8 Å². The van der Waals surface area contributed by atoms with Crippen LogP contribution in [0, 0.1) is 11.8 Å². The van der Waals surface area contributed by atoms with Gasteiger partial charge >= 0.3 is 5.97 Å². The van der Waals surface area contributed by atoms with E-state index >= 15 is 0 Å². The van der Waals surface area contributed by atoms with E-state index in [2.05, 4.69) is 24.1 Å². The van der Waals surface area contributed by atoms with E-state index < -0.39 is 17.9 Å². The number of carboxylic acids is 1. The summed E-state index contributed by atoms with van der Waals surface area (Å²) in [6, 6.07) is -0.863. The van der Waals surface area contributed by atoms with Crippen molar-refractivity contribution in [2.45, 2.75) is 46.6 Å². The molecule has 0 aromatic carbocycles. The summed E-state index contributed by atoms with van der Waals surface area (Å²) < 4.78 is 0. The smallest absolute Gasteiger partial charge is 0.326 e. The van der Waals surface area contributed by atoms with Gasteiger partial charge in [-0.15, -0.1) is 11.3 Å². The molecule has 0 spiro atoms.